The zero-order chi connectivity index (χ0) is 20.2. The molecule has 0 aliphatic carbocycles. The van der Waals surface area contributed by atoms with E-state index < -0.39 is 5.97 Å². The molecule has 0 saturated heterocycles. The average molecular weight is 390 g/mol. The van der Waals surface area contributed by atoms with E-state index in [0.717, 1.165) is 10.8 Å². The van der Waals surface area contributed by atoms with E-state index in [4.69, 9.17) is 18.7 Å². The fourth-order valence-corrected chi connectivity index (χ4v) is 3.01. The molecule has 0 aliphatic heterocycles. The molecule has 1 heterocycles. The van der Waals surface area contributed by atoms with Gasteiger partial charge >= 0.3 is 5.97 Å². The van der Waals surface area contributed by atoms with E-state index in [2.05, 4.69) is 10.1 Å². The van der Waals surface area contributed by atoms with Crippen molar-refractivity contribution in [1.82, 2.24) is 10.1 Å². The maximum atomic E-state index is 12.6. The Morgan fingerprint density at radius 1 is 0.931 bits per heavy atom. The van der Waals surface area contributed by atoms with Crippen LogP contribution in [0, 0.1) is 0 Å². The number of fused-ring (bicyclic) bond motifs is 1. The fraction of sp³-hybridized carbons (Fsp3) is 0.136. The van der Waals surface area contributed by atoms with Gasteiger partial charge in [-0.3, -0.25) is 0 Å². The number of benzene rings is 3. The first-order chi connectivity index (χ1) is 14.2. The van der Waals surface area contributed by atoms with Crippen molar-refractivity contribution >= 4 is 16.7 Å². The smallest absolute Gasteiger partial charge is 0.342 e. The van der Waals surface area contributed by atoms with Crippen LogP contribution < -0.4 is 9.47 Å². The lowest BCUT2D eigenvalue weighted by molar-refractivity contribution is 0.0426. The first-order valence-corrected chi connectivity index (χ1v) is 8.89. The van der Waals surface area contributed by atoms with Gasteiger partial charge in [0, 0.05) is 0 Å². The second-order valence-corrected chi connectivity index (χ2v) is 6.19. The molecule has 146 valence electrons. The number of rotatable bonds is 6. The number of carbonyl (C=O) groups excluding carboxylic acids is 1. The molecule has 0 bridgehead atoms. The van der Waals surface area contributed by atoms with Crippen molar-refractivity contribution in [2.75, 3.05) is 14.2 Å². The van der Waals surface area contributed by atoms with Crippen molar-refractivity contribution in [3.8, 4) is 22.9 Å². The maximum absolute atomic E-state index is 12.6. The average Bonchev–Trinajstić information content (AvgIpc) is 3.25. The summed E-state index contributed by atoms with van der Waals surface area (Å²) in [5.41, 5.74) is 1.02. The van der Waals surface area contributed by atoms with Gasteiger partial charge in [0.15, 0.2) is 6.61 Å². The van der Waals surface area contributed by atoms with Crippen LogP contribution in [0.2, 0.25) is 0 Å². The van der Waals surface area contributed by atoms with Crippen LogP contribution in [0.25, 0.3) is 22.2 Å². The Morgan fingerprint density at radius 3 is 2.38 bits per heavy atom. The predicted molar refractivity (Wildman–Crippen MR) is 106 cm³/mol. The molecule has 0 aliphatic rings. The molecule has 7 nitrogen and oxygen atoms in total. The van der Waals surface area contributed by atoms with Gasteiger partial charge in [-0.1, -0.05) is 41.6 Å². The van der Waals surface area contributed by atoms with Crippen LogP contribution in [0.1, 0.15) is 16.2 Å². The number of carbonyl (C=O) groups is 1. The molecule has 0 fully saturated rings. The summed E-state index contributed by atoms with van der Waals surface area (Å²) in [6.07, 6.45) is 0. The standard InChI is InChI=1S/C22H18N2O5/c1-26-18-10-6-5-9-16(18)21-23-20(29-24-21)13-28-22(25)17-11-14-7-3-4-8-15(14)12-19(17)27-2/h3-12H,13H2,1-2H3. The fourth-order valence-electron chi connectivity index (χ4n) is 3.01. The van der Waals surface area contributed by atoms with Crippen LogP contribution >= 0.6 is 0 Å². The van der Waals surface area contributed by atoms with Crippen LogP contribution in [0.3, 0.4) is 0 Å². The van der Waals surface area contributed by atoms with Gasteiger partial charge in [0.2, 0.25) is 5.82 Å². The number of esters is 1. The lowest BCUT2D eigenvalue weighted by atomic mass is 10.1. The summed E-state index contributed by atoms with van der Waals surface area (Å²) in [5, 5.41) is 5.82. The molecule has 7 heteroatoms. The number of para-hydroxylation sites is 1. The Balaban J connectivity index is 1.52. The Hall–Kier alpha value is -3.87. The Labute approximate surface area is 166 Å². The minimum atomic E-state index is -0.537. The van der Waals surface area contributed by atoms with Crippen molar-refractivity contribution in [3.63, 3.8) is 0 Å². The molecule has 0 spiro atoms. The van der Waals surface area contributed by atoms with Crippen LogP contribution in [0.5, 0.6) is 11.5 Å². The van der Waals surface area contributed by atoms with Crippen molar-refractivity contribution in [2.24, 2.45) is 0 Å². The normalized spacial score (nSPS) is 10.7. The van der Waals surface area contributed by atoms with Gasteiger partial charge in [-0.15, -0.1) is 0 Å². The van der Waals surface area contributed by atoms with E-state index in [1.165, 1.54) is 7.11 Å². The number of hydrogen-bond donors (Lipinski definition) is 0. The maximum Gasteiger partial charge on any atom is 0.342 e. The lowest BCUT2D eigenvalue weighted by Crippen LogP contribution is -2.07. The summed E-state index contributed by atoms with van der Waals surface area (Å²) in [7, 11) is 3.08. The highest BCUT2D eigenvalue weighted by atomic mass is 16.6. The van der Waals surface area contributed by atoms with Crippen molar-refractivity contribution in [3.05, 3.63) is 72.1 Å². The topological polar surface area (TPSA) is 83.7 Å². The summed E-state index contributed by atoms with van der Waals surface area (Å²) in [6.45, 7) is -0.156. The van der Waals surface area contributed by atoms with Gasteiger partial charge in [-0.2, -0.15) is 4.98 Å². The molecular formula is C22H18N2O5. The van der Waals surface area contributed by atoms with Crippen molar-refractivity contribution < 1.29 is 23.5 Å². The molecule has 4 rings (SSSR count). The van der Waals surface area contributed by atoms with E-state index in [-0.39, 0.29) is 12.5 Å². The molecule has 0 amide bonds. The second kappa shape index (κ2) is 8.02. The van der Waals surface area contributed by atoms with Gasteiger partial charge in [-0.25, -0.2) is 4.79 Å². The zero-order valence-corrected chi connectivity index (χ0v) is 15.9. The van der Waals surface area contributed by atoms with E-state index in [9.17, 15) is 4.79 Å². The minimum absolute atomic E-state index is 0.156. The number of ether oxygens (including phenoxy) is 3. The number of aromatic nitrogens is 2. The SMILES string of the molecule is COc1cc2ccccc2cc1C(=O)OCc1nc(-c2ccccc2OC)no1. The van der Waals surface area contributed by atoms with E-state index in [0.29, 0.717) is 28.5 Å². The van der Waals surface area contributed by atoms with Crippen molar-refractivity contribution in [2.45, 2.75) is 6.61 Å². The van der Waals surface area contributed by atoms with Gasteiger partial charge in [0.25, 0.3) is 5.89 Å². The highest BCUT2D eigenvalue weighted by Crippen LogP contribution is 2.28. The Bertz CT molecular complexity index is 1170. The third-order valence-corrected chi connectivity index (χ3v) is 4.43. The number of hydrogen-bond acceptors (Lipinski definition) is 7. The van der Waals surface area contributed by atoms with Gasteiger partial charge in [0.1, 0.15) is 17.1 Å². The second-order valence-electron chi connectivity index (χ2n) is 6.19. The first-order valence-electron chi connectivity index (χ1n) is 8.89. The third-order valence-electron chi connectivity index (χ3n) is 4.43. The Morgan fingerprint density at radius 2 is 1.62 bits per heavy atom. The molecule has 4 aromatic rings. The summed E-state index contributed by atoms with van der Waals surface area (Å²) in [5.74, 6) is 1.06. The van der Waals surface area contributed by atoms with E-state index >= 15 is 0 Å². The summed E-state index contributed by atoms with van der Waals surface area (Å²) in [4.78, 5) is 16.9. The summed E-state index contributed by atoms with van der Waals surface area (Å²) < 4.78 is 21.2. The van der Waals surface area contributed by atoms with Crippen LogP contribution in [0.4, 0.5) is 0 Å². The summed E-state index contributed by atoms with van der Waals surface area (Å²) in [6, 6.07) is 18.6. The van der Waals surface area contributed by atoms with E-state index in [1.807, 2.05) is 42.5 Å². The number of methoxy groups -OCH3 is 2. The minimum Gasteiger partial charge on any atom is -0.496 e. The van der Waals surface area contributed by atoms with Crippen LogP contribution in [-0.2, 0) is 11.3 Å². The first kappa shape index (κ1) is 18.5. The van der Waals surface area contributed by atoms with Gasteiger partial charge in [-0.05, 0) is 35.0 Å². The van der Waals surface area contributed by atoms with Crippen molar-refractivity contribution in [1.29, 1.82) is 0 Å². The van der Waals surface area contributed by atoms with E-state index in [1.54, 1.807) is 25.3 Å². The molecule has 1 aromatic heterocycles. The van der Waals surface area contributed by atoms with Crippen LogP contribution in [0.15, 0.2) is 65.2 Å². The molecule has 0 atom stereocenters. The zero-order valence-electron chi connectivity index (χ0n) is 15.9. The molecular weight excluding hydrogens is 372 g/mol. The lowest BCUT2D eigenvalue weighted by Gasteiger charge is -2.09. The molecule has 29 heavy (non-hydrogen) atoms. The Kier molecular flexibility index (Phi) is 5.11. The van der Waals surface area contributed by atoms with Gasteiger partial charge < -0.3 is 18.7 Å². The van der Waals surface area contributed by atoms with Gasteiger partial charge in [0.05, 0.1) is 19.8 Å². The molecule has 3 aromatic carbocycles. The number of nitrogens with zero attached hydrogens (tertiary/aromatic N) is 2. The molecule has 0 unspecified atom stereocenters. The molecule has 0 N–H and O–H groups in total. The third kappa shape index (κ3) is 3.75. The molecule has 0 saturated carbocycles. The quantitative estimate of drug-likeness (QED) is 0.455. The highest BCUT2D eigenvalue weighted by Gasteiger charge is 2.18. The molecule has 0 radical (unpaired) electrons. The largest absolute Gasteiger partial charge is 0.496 e. The van der Waals surface area contributed by atoms with Crippen LogP contribution in [-0.4, -0.2) is 30.3 Å². The monoisotopic (exact) mass is 390 g/mol. The highest BCUT2D eigenvalue weighted by molar-refractivity contribution is 5.98. The summed E-state index contributed by atoms with van der Waals surface area (Å²) >= 11 is 0. The predicted octanol–water partition coefficient (Wildman–Crippen LogP) is 4.26.